The van der Waals surface area contributed by atoms with Crippen molar-refractivity contribution in [3.8, 4) is 16.9 Å². The van der Waals surface area contributed by atoms with Gasteiger partial charge in [0.15, 0.2) is 0 Å². The Labute approximate surface area is 222 Å². The number of carbonyl (C=O) groups is 2. The molecule has 1 saturated carbocycles. The fourth-order valence-corrected chi connectivity index (χ4v) is 4.52. The molecule has 5 nitrogen and oxygen atoms in total. The Bertz CT molecular complexity index is 1200. The number of carbonyl (C=O) groups excluding carboxylic acids is 2. The number of benzene rings is 3. The molecule has 5 rings (SSSR count). The molecule has 0 bridgehead atoms. The Kier molecular flexibility index (Phi) is 9.31. The summed E-state index contributed by atoms with van der Waals surface area (Å²) in [6.07, 6.45) is 7.84. The number of halogens is 2. The second-order valence-electron chi connectivity index (χ2n) is 9.51. The maximum atomic E-state index is 12.8. The zero-order valence-electron chi connectivity index (χ0n) is 20.8. The van der Waals surface area contributed by atoms with Crippen molar-refractivity contribution in [2.75, 3.05) is 19.6 Å². The topological polar surface area (TPSA) is 72.6 Å². The van der Waals surface area contributed by atoms with Crippen LogP contribution in [0.3, 0.4) is 0 Å². The smallest absolute Gasteiger partial charge is 0.289 e. The van der Waals surface area contributed by atoms with E-state index in [9.17, 15) is 14.0 Å². The van der Waals surface area contributed by atoms with E-state index in [2.05, 4.69) is 17.0 Å². The van der Waals surface area contributed by atoms with E-state index in [0.717, 1.165) is 28.3 Å². The van der Waals surface area contributed by atoms with Gasteiger partial charge in [0.2, 0.25) is 5.78 Å². The van der Waals surface area contributed by atoms with Crippen molar-refractivity contribution >= 4 is 23.3 Å². The first-order chi connectivity index (χ1) is 17.9. The first-order valence-electron chi connectivity index (χ1n) is 12.8. The maximum absolute atomic E-state index is 12.8. The standard InChI is InChI=1S/C16H22ClNO.C14H10FNO2/c17-15-12-13(4-3-11-18-9-1-2-10-18)5-8-16(15)19-14-6-7-14;15-12-7-5-10(6-8-12)9-1-3-11(4-2-9)13(17)14(16)18/h5,8,12,14H,1-4,6-7,9-11H2;1-8H,(H2,16,18). The van der Waals surface area contributed by atoms with Gasteiger partial charge in [-0.25, -0.2) is 4.39 Å². The zero-order chi connectivity index (χ0) is 26.2. The molecule has 1 heterocycles. The fraction of sp³-hybridized carbons (Fsp3) is 0.333. The molecule has 2 N–H and O–H groups in total. The Hall–Kier alpha value is -3.22. The summed E-state index contributed by atoms with van der Waals surface area (Å²) in [5, 5.41) is 0.769. The number of ether oxygens (including phenoxy) is 1. The number of Topliss-reactive ketones (excluding diaryl/α,β-unsaturated/α-hetero) is 1. The predicted molar refractivity (Wildman–Crippen MR) is 144 cm³/mol. The van der Waals surface area contributed by atoms with Crippen LogP contribution in [0.15, 0.2) is 66.7 Å². The molecule has 37 heavy (non-hydrogen) atoms. The third-order valence-corrected chi connectivity index (χ3v) is 6.80. The van der Waals surface area contributed by atoms with Gasteiger partial charge in [0.05, 0.1) is 11.1 Å². The Morgan fingerprint density at radius 1 is 0.946 bits per heavy atom. The predicted octanol–water partition coefficient (Wildman–Crippen LogP) is 6.07. The number of rotatable bonds is 9. The average Bonchev–Trinajstić information content (AvgIpc) is 3.57. The van der Waals surface area contributed by atoms with Crippen LogP contribution < -0.4 is 10.5 Å². The Balaban J connectivity index is 0.000000173. The zero-order valence-corrected chi connectivity index (χ0v) is 21.6. The number of primary amides is 1. The van der Waals surface area contributed by atoms with Crippen LogP contribution in [0.2, 0.25) is 5.02 Å². The SMILES string of the molecule is Clc1cc(CCCN2CCCC2)ccc1OC1CC1.NC(=O)C(=O)c1ccc(-c2ccc(F)cc2)cc1. The van der Waals surface area contributed by atoms with Crippen molar-refractivity contribution < 1.29 is 18.7 Å². The van der Waals surface area contributed by atoms with Crippen LogP contribution in [-0.4, -0.2) is 42.3 Å². The van der Waals surface area contributed by atoms with Gasteiger partial charge in [0.25, 0.3) is 5.91 Å². The summed E-state index contributed by atoms with van der Waals surface area (Å²) < 4.78 is 18.5. The summed E-state index contributed by atoms with van der Waals surface area (Å²) >= 11 is 6.27. The molecule has 0 spiro atoms. The highest BCUT2D eigenvalue weighted by atomic mass is 35.5. The molecular formula is C30H32ClFN2O3. The minimum Gasteiger partial charge on any atom is -0.489 e. The lowest BCUT2D eigenvalue weighted by Crippen LogP contribution is -2.22. The Morgan fingerprint density at radius 3 is 2.14 bits per heavy atom. The van der Waals surface area contributed by atoms with E-state index in [1.165, 1.54) is 81.6 Å². The number of nitrogens with zero attached hydrogens (tertiary/aromatic N) is 1. The Morgan fingerprint density at radius 2 is 1.57 bits per heavy atom. The lowest BCUT2D eigenvalue weighted by molar-refractivity contribution is -0.114. The highest BCUT2D eigenvalue weighted by molar-refractivity contribution is 6.42. The molecule has 7 heteroatoms. The molecule has 0 aromatic heterocycles. The molecule has 1 amide bonds. The van der Waals surface area contributed by atoms with E-state index in [1.807, 2.05) is 6.07 Å². The third-order valence-electron chi connectivity index (χ3n) is 6.50. The van der Waals surface area contributed by atoms with Crippen molar-refractivity contribution in [2.24, 2.45) is 5.73 Å². The van der Waals surface area contributed by atoms with Crippen LogP contribution in [0.5, 0.6) is 5.75 Å². The van der Waals surface area contributed by atoms with E-state index in [1.54, 1.807) is 24.3 Å². The highest BCUT2D eigenvalue weighted by Gasteiger charge is 2.24. The van der Waals surface area contributed by atoms with Gasteiger partial charge >= 0.3 is 0 Å². The van der Waals surface area contributed by atoms with E-state index in [4.69, 9.17) is 22.1 Å². The van der Waals surface area contributed by atoms with E-state index in [0.29, 0.717) is 6.10 Å². The largest absolute Gasteiger partial charge is 0.489 e. The quantitative estimate of drug-likeness (QED) is 0.273. The lowest BCUT2D eigenvalue weighted by Gasteiger charge is -2.14. The fourth-order valence-electron chi connectivity index (χ4n) is 4.27. The summed E-state index contributed by atoms with van der Waals surface area (Å²) in [6, 6.07) is 18.7. The van der Waals surface area contributed by atoms with E-state index < -0.39 is 11.7 Å². The average molecular weight is 523 g/mol. The number of hydrogen-bond donors (Lipinski definition) is 1. The summed E-state index contributed by atoms with van der Waals surface area (Å²) in [5.74, 6) is -1.16. The molecule has 194 valence electrons. The van der Waals surface area contributed by atoms with Crippen LogP contribution in [0.1, 0.15) is 48.0 Å². The van der Waals surface area contributed by atoms with Gasteiger partial charge in [0, 0.05) is 5.56 Å². The van der Waals surface area contributed by atoms with Crippen LogP contribution >= 0.6 is 11.6 Å². The highest BCUT2D eigenvalue weighted by Crippen LogP contribution is 2.32. The second-order valence-corrected chi connectivity index (χ2v) is 9.92. The maximum Gasteiger partial charge on any atom is 0.289 e. The van der Waals surface area contributed by atoms with Crippen molar-refractivity contribution in [3.05, 3.63) is 88.7 Å². The summed E-state index contributed by atoms with van der Waals surface area (Å²) in [6.45, 7) is 3.79. The van der Waals surface area contributed by atoms with Gasteiger partial charge in [-0.3, -0.25) is 9.59 Å². The summed E-state index contributed by atoms with van der Waals surface area (Å²) in [4.78, 5) is 24.6. The van der Waals surface area contributed by atoms with Crippen molar-refractivity contribution in [1.82, 2.24) is 4.90 Å². The molecule has 0 radical (unpaired) electrons. The van der Waals surface area contributed by atoms with Gasteiger partial charge in [0.1, 0.15) is 11.6 Å². The molecule has 1 saturated heterocycles. The minimum absolute atomic E-state index is 0.244. The molecular weight excluding hydrogens is 491 g/mol. The van der Waals surface area contributed by atoms with Crippen molar-refractivity contribution in [3.63, 3.8) is 0 Å². The van der Waals surface area contributed by atoms with Gasteiger partial charge < -0.3 is 15.4 Å². The number of amides is 1. The molecule has 2 aliphatic rings. The van der Waals surface area contributed by atoms with Gasteiger partial charge in [-0.2, -0.15) is 0 Å². The second kappa shape index (κ2) is 12.8. The third kappa shape index (κ3) is 8.14. The monoisotopic (exact) mass is 522 g/mol. The van der Waals surface area contributed by atoms with Crippen LogP contribution in [0.4, 0.5) is 4.39 Å². The van der Waals surface area contributed by atoms with E-state index in [-0.39, 0.29) is 11.4 Å². The van der Waals surface area contributed by atoms with Crippen molar-refractivity contribution in [2.45, 2.75) is 44.6 Å². The minimum atomic E-state index is -0.982. The normalized spacial score (nSPS) is 15.1. The molecule has 0 unspecified atom stereocenters. The van der Waals surface area contributed by atoms with Crippen LogP contribution in [0, 0.1) is 5.82 Å². The first-order valence-corrected chi connectivity index (χ1v) is 13.1. The van der Waals surface area contributed by atoms with Gasteiger partial charge in [-0.15, -0.1) is 0 Å². The molecule has 3 aromatic carbocycles. The number of nitrogens with two attached hydrogens (primary N) is 1. The van der Waals surface area contributed by atoms with Crippen LogP contribution in [-0.2, 0) is 11.2 Å². The molecule has 3 aromatic rings. The van der Waals surface area contributed by atoms with Crippen LogP contribution in [0.25, 0.3) is 11.1 Å². The van der Waals surface area contributed by atoms with Gasteiger partial charge in [-0.1, -0.05) is 54.1 Å². The first kappa shape index (κ1) is 26.8. The van der Waals surface area contributed by atoms with E-state index >= 15 is 0 Å². The molecule has 1 aliphatic carbocycles. The van der Waals surface area contributed by atoms with Crippen molar-refractivity contribution in [1.29, 1.82) is 0 Å². The number of hydrogen-bond acceptors (Lipinski definition) is 4. The summed E-state index contributed by atoms with van der Waals surface area (Å²) in [7, 11) is 0. The molecule has 1 aliphatic heterocycles. The number of ketones is 1. The summed E-state index contributed by atoms with van der Waals surface area (Å²) in [5.41, 5.74) is 8.13. The number of aryl methyl sites for hydroxylation is 1. The lowest BCUT2D eigenvalue weighted by atomic mass is 10.0. The number of likely N-dealkylation sites (tertiary alicyclic amines) is 1. The molecule has 2 fully saturated rings. The molecule has 0 atom stereocenters. The van der Waals surface area contributed by atoms with Gasteiger partial charge in [-0.05, 0) is 99.1 Å².